The number of anilines is 1. The molecule has 1 aliphatic rings. The number of ether oxygens (including phenoxy) is 1. The van der Waals surface area contributed by atoms with Gasteiger partial charge in [0.25, 0.3) is 11.8 Å². The van der Waals surface area contributed by atoms with Gasteiger partial charge in [-0.05, 0) is 19.1 Å². The van der Waals surface area contributed by atoms with Gasteiger partial charge in [-0.15, -0.1) is 0 Å². The highest BCUT2D eigenvalue weighted by Crippen LogP contribution is 2.28. The number of aromatic carboxylic acids is 1. The molecule has 6 nitrogen and oxygen atoms in total. The van der Waals surface area contributed by atoms with Crippen molar-refractivity contribution in [3.05, 3.63) is 35.4 Å². The lowest BCUT2D eigenvalue weighted by Crippen LogP contribution is -2.30. The first-order valence-electron chi connectivity index (χ1n) is 5.43. The van der Waals surface area contributed by atoms with E-state index in [9.17, 15) is 14.4 Å². The zero-order valence-electron chi connectivity index (χ0n) is 10.3. The summed E-state index contributed by atoms with van der Waals surface area (Å²) in [5.41, 5.74) is 0.589. The van der Waals surface area contributed by atoms with Crippen LogP contribution in [0.4, 0.5) is 5.69 Å². The maximum atomic E-state index is 11.8. The molecule has 1 aliphatic heterocycles. The summed E-state index contributed by atoms with van der Waals surface area (Å²) in [6.07, 6.45) is 1.24. The predicted molar refractivity (Wildman–Crippen MR) is 66.2 cm³/mol. The van der Waals surface area contributed by atoms with E-state index in [0.717, 1.165) is 4.90 Å². The maximum Gasteiger partial charge on any atom is 0.339 e. The van der Waals surface area contributed by atoms with E-state index >= 15 is 0 Å². The van der Waals surface area contributed by atoms with E-state index in [1.807, 2.05) is 0 Å². The van der Waals surface area contributed by atoms with E-state index in [2.05, 4.69) is 0 Å². The van der Waals surface area contributed by atoms with Crippen molar-refractivity contribution in [2.24, 2.45) is 0 Å². The van der Waals surface area contributed by atoms with Crippen molar-refractivity contribution < 1.29 is 24.2 Å². The third kappa shape index (κ3) is 2.08. The molecule has 0 bridgehead atoms. The predicted octanol–water partition coefficient (Wildman–Crippen LogP) is 1.21. The number of benzene rings is 1. The Bertz CT molecular complexity index is 617. The summed E-state index contributed by atoms with van der Waals surface area (Å²) < 4.78 is 4.96. The van der Waals surface area contributed by atoms with Crippen LogP contribution >= 0.6 is 0 Å². The van der Waals surface area contributed by atoms with Crippen molar-refractivity contribution in [1.82, 2.24) is 0 Å². The van der Waals surface area contributed by atoms with E-state index in [-0.39, 0.29) is 17.0 Å². The lowest BCUT2D eigenvalue weighted by molar-refractivity contribution is -0.120. The number of hydrogen-bond acceptors (Lipinski definition) is 4. The zero-order valence-corrected chi connectivity index (χ0v) is 10.3. The van der Waals surface area contributed by atoms with Gasteiger partial charge in [0.2, 0.25) is 0 Å². The summed E-state index contributed by atoms with van der Waals surface area (Å²) in [5.74, 6) is -1.92. The Hall–Kier alpha value is -2.63. The molecular formula is C13H11NO5. The van der Waals surface area contributed by atoms with Gasteiger partial charge in [0, 0.05) is 17.7 Å². The number of carbonyl (C=O) groups excluding carboxylic acids is 2. The van der Waals surface area contributed by atoms with Crippen LogP contribution in [0.15, 0.2) is 29.8 Å². The van der Waals surface area contributed by atoms with Crippen LogP contribution in [0.5, 0.6) is 5.75 Å². The van der Waals surface area contributed by atoms with Crippen LogP contribution in [0.3, 0.4) is 0 Å². The summed E-state index contributed by atoms with van der Waals surface area (Å²) in [6, 6.07) is 4.05. The van der Waals surface area contributed by atoms with Crippen LogP contribution in [0.25, 0.3) is 0 Å². The van der Waals surface area contributed by atoms with Crippen molar-refractivity contribution in [3.8, 4) is 5.75 Å². The first-order valence-corrected chi connectivity index (χ1v) is 5.43. The average Bonchev–Trinajstić information content (AvgIpc) is 2.62. The summed E-state index contributed by atoms with van der Waals surface area (Å²) in [7, 11) is 1.32. The van der Waals surface area contributed by atoms with E-state index < -0.39 is 17.8 Å². The van der Waals surface area contributed by atoms with Crippen molar-refractivity contribution in [3.63, 3.8) is 0 Å². The minimum atomic E-state index is -1.14. The highest BCUT2D eigenvalue weighted by atomic mass is 16.5. The summed E-state index contributed by atoms with van der Waals surface area (Å²) >= 11 is 0. The lowest BCUT2D eigenvalue weighted by atomic mass is 10.1. The summed E-state index contributed by atoms with van der Waals surface area (Å²) in [4.78, 5) is 35.4. The molecule has 0 unspecified atom stereocenters. The Morgan fingerprint density at radius 3 is 2.47 bits per heavy atom. The van der Waals surface area contributed by atoms with Gasteiger partial charge in [0.15, 0.2) is 0 Å². The Kier molecular flexibility index (Phi) is 3.08. The minimum Gasteiger partial charge on any atom is -0.496 e. The van der Waals surface area contributed by atoms with Crippen molar-refractivity contribution in [2.45, 2.75) is 6.92 Å². The molecule has 1 aromatic carbocycles. The highest BCUT2D eigenvalue weighted by Gasteiger charge is 2.30. The largest absolute Gasteiger partial charge is 0.496 e. The molecule has 6 heteroatoms. The summed E-state index contributed by atoms with van der Waals surface area (Å²) in [6.45, 7) is 1.54. The van der Waals surface area contributed by atoms with Gasteiger partial charge >= 0.3 is 5.97 Å². The Balaban J connectivity index is 2.46. The molecule has 1 aromatic rings. The number of carbonyl (C=O) groups is 3. The van der Waals surface area contributed by atoms with Crippen LogP contribution in [-0.2, 0) is 9.59 Å². The van der Waals surface area contributed by atoms with Crippen LogP contribution in [0, 0.1) is 0 Å². The molecule has 0 aromatic heterocycles. The van der Waals surface area contributed by atoms with Gasteiger partial charge in [-0.25, -0.2) is 9.69 Å². The first-order chi connectivity index (χ1) is 8.95. The van der Waals surface area contributed by atoms with E-state index in [4.69, 9.17) is 9.84 Å². The summed E-state index contributed by atoms with van der Waals surface area (Å²) in [5, 5.41) is 8.96. The fourth-order valence-corrected chi connectivity index (χ4v) is 1.83. The van der Waals surface area contributed by atoms with Crippen molar-refractivity contribution >= 4 is 23.5 Å². The second kappa shape index (κ2) is 4.56. The highest BCUT2D eigenvalue weighted by molar-refractivity contribution is 6.30. The smallest absolute Gasteiger partial charge is 0.339 e. The van der Waals surface area contributed by atoms with Crippen LogP contribution in [0.2, 0.25) is 0 Å². The number of methoxy groups -OCH3 is 1. The number of hydrogen-bond donors (Lipinski definition) is 1. The molecule has 0 spiro atoms. The Labute approximate surface area is 108 Å². The number of rotatable bonds is 3. The number of imide groups is 1. The Morgan fingerprint density at radius 2 is 2.00 bits per heavy atom. The van der Waals surface area contributed by atoms with Crippen molar-refractivity contribution in [1.29, 1.82) is 0 Å². The molecule has 2 rings (SSSR count). The van der Waals surface area contributed by atoms with Gasteiger partial charge in [0.1, 0.15) is 11.3 Å². The van der Waals surface area contributed by atoms with Gasteiger partial charge in [-0.1, -0.05) is 0 Å². The molecule has 2 amide bonds. The monoisotopic (exact) mass is 261 g/mol. The molecule has 0 saturated carbocycles. The molecular weight excluding hydrogens is 250 g/mol. The molecule has 1 heterocycles. The van der Waals surface area contributed by atoms with Crippen LogP contribution < -0.4 is 9.64 Å². The van der Waals surface area contributed by atoms with Crippen LogP contribution in [0.1, 0.15) is 17.3 Å². The fourth-order valence-electron chi connectivity index (χ4n) is 1.83. The standard InChI is InChI=1S/C13H11NO5/c1-7-5-11(15)14(12(7)16)8-3-4-9(13(17)18)10(6-8)19-2/h3-6H,1-2H3,(H,17,18). The van der Waals surface area contributed by atoms with E-state index in [1.54, 1.807) is 6.92 Å². The molecule has 19 heavy (non-hydrogen) atoms. The molecule has 1 N–H and O–H groups in total. The van der Waals surface area contributed by atoms with Crippen LogP contribution in [-0.4, -0.2) is 30.0 Å². The number of carboxylic acids is 1. The molecule has 0 atom stereocenters. The zero-order chi connectivity index (χ0) is 14.2. The van der Waals surface area contributed by atoms with Gasteiger partial charge < -0.3 is 9.84 Å². The second-order valence-corrected chi connectivity index (χ2v) is 4.00. The second-order valence-electron chi connectivity index (χ2n) is 4.00. The third-order valence-electron chi connectivity index (χ3n) is 2.77. The molecule has 0 radical (unpaired) electrons. The normalized spacial score (nSPS) is 14.6. The maximum absolute atomic E-state index is 11.8. The number of amides is 2. The number of nitrogens with zero attached hydrogens (tertiary/aromatic N) is 1. The van der Waals surface area contributed by atoms with E-state index in [0.29, 0.717) is 5.57 Å². The fraction of sp³-hybridized carbons (Fsp3) is 0.154. The van der Waals surface area contributed by atoms with E-state index in [1.165, 1.54) is 31.4 Å². The van der Waals surface area contributed by atoms with Gasteiger partial charge in [-0.3, -0.25) is 9.59 Å². The number of carboxylic acid groups (broad SMARTS) is 1. The third-order valence-corrected chi connectivity index (χ3v) is 2.77. The first kappa shape index (κ1) is 12.8. The lowest BCUT2D eigenvalue weighted by Gasteiger charge is -2.16. The Morgan fingerprint density at radius 1 is 1.32 bits per heavy atom. The SMILES string of the molecule is COc1cc(N2C(=O)C=C(C)C2=O)ccc1C(=O)O. The molecule has 98 valence electrons. The minimum absolute atomic E-state index is 0.0324. The average molecular weight is 261 g/mol. The topological polar surface area (TPSA) is 83.9 Å². The van der Waals surface area contributed by atoms with Crippen molar-refractivity contribution in [2.75, 3.05) is 12.0 Å². The molecule has 0 aliphatic carbocycles. The molecule has 0 fully saturated rings. The van der Waals surface area contributed by atoms with Gasteiger partial charge in [0.05, 0.1) is 12.8 Å². The van der Waals surface area contributed by atoms with Gasteiger partial charge in [-0.2, -0.15) is 0 Å². The molecule has 0 saturated heterocycles. The quantitative estimate of drug-likeness (QED) is 0.827.